The Bertz CT molecular complexity index is 226. The zero-order valence-corrected chi connectivity index (χ0v) is 8.74. The first kappa shape index (κ1) is 11.0. The second-order valence-corrected chi connectivity index (χ2v) is 4.90. The second-order valence-electron chi connectivity index (χ2n) is 2.62. The Morgan fingerprint density at radius 3 is 3.00 bits per heavy atom. The molecule has 1 heterocycles. The fourth-order valence-corrected chi connectivity index (χ4v) is 2.60. The van der Waals surface area contributed by atoms with Crippen LogP contribution in [-0.4, -0.2) is 24.9 Å². The summed E-state index contributed by atoms with van der Waals surface area (Å²) in [6.07, 6.45) is 0.950. The van der Waals surface area contributed by atoms with Gasteiger partial charge in [0.15, 0.2) is 0 Å². The molecule has 13 heavy (non-hydrogen) atoms. The van der Waals surface area contributed by atoms with E-state index in [1.807, 2.05) is 0 Å². The molecular formula is C6H12ClN2O3P. The number of carbonyl (C=O) groups excluding carboxylic acids is 1. The zero-order valence-electron chi connectivity index (χ0n) is 7.09. The highest BCUT2D eigenvalue weighted by Crippen LogP contribution is 2.39. The zero-order chi connectivity index (χ0) is 9.73. The summed E-state index contributed by atoms with van der Waals surface area (Å²) >= 11 is 5.35. The summed E-state index contributed by atoms with van der Waals surface area (Å²) in [5.74, 6) is -0.140. The minimum absolute atomic E-state index is 0.149. The molecule has 2 N–H and O–H groups in total. The van der Waals surface area contributed by atoms with E-state index in [1.165, 1.54) is 0 Å². The maximum absolute atomic E-state index is 11.6. The predicted octanol–water partition coefficient (Wildman–Crippen LogP) is 0.849. The molecule has 0 aromatic heterocycles. The maximum Gasteiger partial charge on any atom is 0.368 e. The molecule has 0 saturated carbocycles. The molecule has 1 aliphatic rings. The third-order valence-corrected chi connectivity index (χ3v) is 3.43. The van der Waals surface area contributed by atoms with Crippen LogP contribution in [0.25, 0.3) is 0 Å². The lowest BCUT2D eigenvalue weighted by molar-refractivity contribution is -0.119. The molecule has 0 aromatic carbocycles. The number of hydrogen-bond donors (Lipinski definition) is 2. The summed E-state index contributed by atoms with van der Waals surface area (Å²) in [5, 5.41) is 4.94. The van der Waals surface area contributed by atoms with Crippen molar-refractivity contribution in [2.45, 2.75) is 12.8 Å². The lowest BCUT2D eigenvalue weighted by Gasteiger charge is -2.24. The van der Waals surface area contributed by atoms with Gasteiger partial charge < -0.3 is 4.52 Å². The fraction of sp³-hybridized carbons (Fsp3) is 0.833. The maximum atomic E-state index is 11.6. The molecule has 0 radical (unpaired) electrons. The molecule has 1 unspecified atom stereocenters. The molecule has 0 aromatic rings. The van der Waals surface area contributed by atoms with E-state index in [-0.39, 0.29) is 18.2 Å². The largest absolute Gasteiger partial charge is 0.368 e. The van der Waals surface area contributed by atoms with Crippen LogP contribution in [0.15, 0.2) is 0 Å². The quantitative estimate of drug-likeness (QED) is 0.553. The standard InChI is InChI=1S/C6H12ClN2O3P/c7-3-2-6(10)9-13(11)8-4-1-5-12-13/h1-5H2,(H2,8,9,10,11). The lowest BCUT2D eigenvalue weighted by atomic mass is 10.5. The predicted molar refractivity (Wildman–Crippen MR) is 49.7 cm³/mol. The topological polar surface area (TPSA) is 67.4 Å². The Morgan fingerprint density at radius 1 is 1.69 bits per heavy atom. The van der Waals surface area contributed by atoms with Gasteiger partial charge in [0, 0.05) is 18.8 Å². The minimum atomic E-state index is -3.11. The lowest BCUT2D eigenvalue weighted by Crippen LogP contribution is -2.33. The minimum Gasteiger partial charge on any atom is -0.302 e. The van der Waals surface area contributed by atoms with Crippen LogP contribution in [0.2, 0.25) is 0 Å². The summed E-state index contributed by atoms with van der Waals surface area (Å²) in [6.45, 7) is 1.00. The van der Waals surface area contributed by atoms with Crippen LogP contribution in [-0.2, 0) is 13.9 Å². The van der Waals surface area contributed by atoms with E-state index < -0.39 is 7.67 Å². The Labute approximate surface area is 81.7 Å². The van der Waals surface area contributed by atoms with Crippen molar-refractivity contribution >= 4 is 25.2 Å². The van der Waals surface area contributed by atoms with Gasteiger partial charge in [-0.3, -0.25) is 9.88 Å². The van der Waals surface area contributed by atoms with Crippen molar-refractivity contribution in [1.82, 2.24) is 10.2 Å². The average molecular weight is 227 g/mol. The van der Waals surface area contributed by atoms with Crippen molar-refractivity contribution in [1.29, 1.82) is 0 Å². The molecule has 5 nitrogen and oxygen atoms in total. The monoisotopic (exact) mass is 226 g/mol. The summed E-state index contributed by atoms with van der Waals surface area (Å²) in [6, 6.07) is 0. The smallest absolute Gasteiger partial charge is 0.302 e. The van der Waals surface area contributed by atoms with Crippen LogP contribution in [0.4, 0.5) is 0 Å². The van der Waals surface area contributed by atoms with Crippen molar-refractivity contribution in [3.8, 4) is 0 Å². The van der Waals surface area contributed by atoms with Gasteiger partial charge in [-0.25, -0.2) is 9.65 Å². The normalized spacial score (nSPS) is 28.4. The van der Waals surface area contributed by atoms with Crippen molar-refractivity contribution in [2.75, 3.05) is 19.0 Å². The number of amides is 1. The van der Waals surface area contributed by atoms with Crippen LogP contribution in [0.1, 0.15) is 12.8 Å². The average Bonchev–Trinajstić information content (AvgIpc) is 2.04. The highest BCUT2D eigenvalue weighted by atomic mass is 35.5. The van der Waals surface area contributed by atoms with Gasteiger partial charge in [-0.05, 0) is 6.42 Å². The Hall–Kier alpha value is -0.0900. The second kappa shape index (κ2) is 4.96. The highest BCUT2D eigenvalue weighted by molar-refractivity contribution is 7.55. The first-order valence-corrected chi connectivity index (χ1v) is 6.19. The van der Waals surface area contributed by atoms with Crippen molar-refractivity contribution in [3.63, 3.8) is 0 Å². The van der Waals surface area contributed by atoms with E-state index in [1.54, 1.807) is 0 Å². The van der Waals surface area contributed by atoms with Crippen LogP contribution in [0.3, 0.4) is 0 Å². The van der Waals surface area contributed by atoms with E-state index in [0.717, 1.165) is 6.42 Å². The summed E-state index contributed by atoms with van der Waals surface area (Å²) < 4.78 is 16.6. The van der Waals surface area contributed by atoms with E-state index in [0.29, 0.717) is 13.2 Å². The first-order chi connectivity index (χ1) is 6.16. The molecule has 1 fully saturated rings. The van der Waals surface area contributed by atoms with Gasteiger partial charge in [-0.1, -0.05) is 0 Å². The van der Waals surface area contributed by atoms with Gasteiger partial charge in [0.25, 0.3) is 0 Å². The molecule has 1 saturated heterocycles. The molecule has 1 atom stereocenters. The molecule has 0 aliphatic carbocycles. The van der Waals surface area contributed by atoms with Gasteiger partial charge >= 0.3 is 7.67 Å². The van der Waals surface area contributed by atoms with E-state index >= 15 is 0 Å². The van der Waals surface area contributed by atoms with Gasteiger partial charge in [0.2, 0.25) is 5.91 Å². The highest BCUT2D eigenvalue weighted by Gasteiger charge is 2.27. The Kier molecular flexibility index (Phi) is 4.19. The van der Waals surface area contributed by atoms with E-state index in [2.05, 4.69) is 10.2 Å². The molecule has 7 heteroatoms. The molecule has 0 spiro atoms. The first-order valence-electron chi connectivity index (χ1n) is 4.03. The van der Waals surface area contributed by atoms with E-state index in [9.17, 15) is 9.36 Å². The SMILES string of the molecule is O=C(CCCl)NP1(=O)NCCCO1. The van der Waals surface area contributed by atoms with Crippen LogP contribution in [0.5, 0.6) is 0 Å². The van der Waals surface area contributed by atoms with Gasteiger partial charge in [0.1, 0.15) is 0 Å². The Morgan fingerprint density at radius 2 is 2.46 bits per heavy atom. The van der Waals surface area contributed by atoms with Gasteiger partial charge in [-0.15, -0.1) is 11.6 Å². The number of rotatable bonds is 3. The van der Waals surface area contributed by atoms with Gasteiger partial charge in [0.05, 0.1) is 6.61 Å². The third kappa shape index (κ3) is 3.65. The van der Waals surface area contributed by atoms with Crippen LogP contribution >= 0.6 is 19.3 Å². The molecule has 1 rings (SSSR count). The van der Waals surface area contributed by atoms with Crippen LogP contribution < -0.4 is 10.2 Å². The number of hydrogen-bond acceptors (Lipinski definition) is 3. The van der Waals surface area contributed by atoms with Crippen LogP contribution in [0, 0.1) is 0 Å². The summed E-state index contributed by atoms with van der Waals surface area (Å²) in [4.78, 5) is 11.0. The molecule has 0 bridgehead atoms. The van der Waals surface area contributed by atoms with Gasteiger partial charge in [-0.2, -0.15) is 0 Å². The van der Waals surface area contributed by atoms with E-state index in [4.69, 9.17) is 16.1 Å². The number of nitrogens with one attached hydrogen (secondary N) is 2. The summed E-state index contributed by atoms with van der Waals surface area (Å²) in [7, 11) is -3.11. The Balaban J connectivity index is 2.41. The number of carbonyl (C=O) groups is 1. The molecule has 1 aliphatic heterocycles. The number of halogens is 1. The van der Waals surface area contributed by atoms with Crippen molar-refractivity contribution in [2.24, 2.45) is 0 Å². The molecule has 76 valence electrons. The fourth-order valence-electron chi connectivity index (χ4n) is 0.915. The number of alkyl halides is 1. The molecular weight excluding hydrogens is 215 g/mol. The molecule has 1 amide bonds. The summed E-state index contributed by atoms with van der Waals surface area (Å²) in [5.41, 5.74) is 0. The third-order valence-electron chi connectivity index (χ3n) is 1.51. The van der Waals surface area contributed by atoms with Crippen molar-refractivity contribution < 1.29 is 13.9 Å². The van der Waals surface area contributed by atoms with Crippen molar-refractivity contribution in [3.05, 3.63) is 0 Å².